The van der Waals surface area contributed by atoms with Crippen LogP contribution in [0.5, 0.6) is 0 Å². The Bertz CT molecular complexity index is 1780. The van der Waals surface area contributed by atoms with Crippen molar-refractivity contribution >= 4 is 17.2 Å². The Morgan fingerprint density at radius 1 is 0.683 bits per heavy atom. The molecular formula is C41H54. The maximum Gasteiger partial charge on any atom is -0.00239 e. The van der Waals surface area contributed by atoms with E-state index in [1.165, 1.54) is 63.6 Å². The van der Waals surface area contributed by atoms with E-state index < -0.39 is 0 Å². The lowest BCUT2D eigenvalue weighted by Crippen LogP contribution is -2.41. The Kier molecular flexibility index (Phi) is 6.04. The van der Waals surface area contributed by atoms with Crippen LogP contribution in [0, 0.1) is 15.9 Å². The van der Waals surface area contributed by atoms with Gasteiger partial charge in [-0.15, -0.1) is 0 Å². The summed E-state index contributed by atoms with van der Waals surface area (Å²) in [5.74, 6) is 0. The van der Waals surface area contributed by atoms with Crippen molar-refractivity contribution in [3.05, 3.63) is 84.1 Å². The Labute approximate surface area is 250 Å². The van der Waals surface area contributed by atoms with Gasteiger partial charge in [-0.05, 0) is 151 Å². The highest BCUT2D eigenvalue weighted by molar-refractivity contribution is 5.85. The Balaban J connectivity index is 1.87. The summed E-state index contributed by atoms with van der Waals surface area (Å²) >= 11 is 0. The fraction of sp³-hybridized carbons (Fsp3) is 0.561. The summed E-state index contributed by atoms with van der Waals surface area (Å²) in [6, 6.07) is 5.24. The van der Waals surface area contributed by atoms with Crippen LogP contribution in [-0.2, 0) is 21.7 Å². The van der Waals surface area contributed by atoms with E-state index in [-0.39, 0.29) is 27.1 Å². The third kappa shape index (κ3) is 4.21. The highest BCUT2D eigenvalue weighted by Gasteiger charge is 2.43. The highest BCUT2D eigenvalue weighted by atomic mass is 14.5. The van der Waals surface area contributed by atoms with Crippen molar-refractivity contribution in [1.29, 1.82) is 0 Å². The van der Waals surface area contributed by atoms with Gasteiger partial charge in [0.15, 0.2) is 0 Å². The molecule has 0 bridgehead atoms. The van der Waals surface area contributed by atoms with Crippen LogP contribution >= 0.6 is 0 Å². The standard InChI is InChI=1S/C41H54/c1-24(2)32-34-28-23-31-30(38(6,7)16-17-39(31,8)9)22-26(28)21-29(34)33(25-14-15-27(20-25)37(3,4)5)36-35(32)40(10,11)18-19-41(36,12)13/h15,20-23H,14,16-19H2,1-13H3. The van der Waals surface area contributed by atoms with Crippen LogP contribution in [0.2, 0.25) is 0 Å². The number of fused-ring (bicyclic) bond motifs is 4. The molecule has 4 aliphatic rings. The molecule has 4 aliphatic carbocycles. The molecule has 0 heterocycles. The van der Waals surface area contributed by atoms with E-state index in [1.807, 2.05) is 0 Å². The maximum absolute atomic E-state index is 2.64. The highest BCUT2D eigenvalue weighted by Crippen LogP contribution is 2.51. The molecule has 0 atom stereocenters. The lowest BCUT2D eigenvalue weighted by Gasteiger charge is -2.44. The zero-order valence-electron chi connectivity index (χ0n) is 28.4. The first kappa shape index (κ1) is 28.8. The number of hydrogen-bond acceptors (Lipinski definition) is 0. The fourth-order valence-corrected chi connectivity index (χ4v) is 8.60. The normalized spacial score (nSPS) is 22.6. The SMILES string of the molecule is CC(C)=c1c2c(c(C3=CC(C(C)(C)C)=CC3)c3c1=c1cc4c(cc1=C3)C(C)(C)CCC4(C)C)C(C)(C)CCC2(C)C. The van der Waals surface area contributed by atoms with Gasteiger partial charge in [-0.25, -0.2) is 0 Å². The van der Waals surface area contributed by atoms with Gasteiger partial charge < -0.3 is 0 Å². The van der Waals surface area contributed by atoms with Crippen molar-refractivity contribution < 1.29 is 0 Å². The van der Waals surface area contributed by atoms with E-state index in [0.717, 1.165) is 6.42 Å². The molecule has 0 spiro atoms. The van der Waals surface area contributed by atoms with Gasteiger partial charge in [0.2, 0.25) is 0 Å². The second kappa shape index (κ2) is 8.61. The van der Waals surface area contributed by atoms with Crippen LogP contribution in [0.4, 0.5) is 0 Å². The van der Waals surface area contributed by atoms with Crippen molar-refractivity contribution in [3.63, 3.8) is 0 Å². The molecule has 0 saturated carbocycles. The van der Waals surface area contributed by atoms with Crippen molar-refractivity contribution in [2.24, 2.45) is 5.41 Å². The molecule has 0 aliphatic heterocycles. The van der Waals surface area contributed by atoms with Crippen LogP contribution in [0.1, 0.15) is 155 Å². The van der Waals surface area contributed by atoms with Crippen LogP contribution in [0.15, 0.2) is 29.9 Å². The summed E-state index contributed by atoms with van der Waals surface area (Å²) in [4.78, 5) is 0. The molecular weight excluding hydrogens is 492 g/mol. The van der Waals surface area contributed by atoms with Crippen molar-refractivity contribution in [1.82, 2.24) is 0 Å². The first-order chi connectivity index (χ1) is 18.8. The van der Waals surface area contributed by atoms with Gasteiger partial charge in [0, 0.05) is 0 Å². The van der Waals surface area contributed by atoms with Crippen molar-refractivity contribution in [2.75, 3.05) is 0 Å². The minimum atomic E-state index is 0.135. The summed E-state index contributed by atoms with van der Waals surface area (Å²) in [6.07, 6.45) is 13.7. The van der Waals surface area contributed by atoms with Crippen LogP contribution in [-0.4, -0.2) is 0 Å². The lowest BCUT2D eigenvalue weighted by atomic mass is 9.60. The van der Waals surface area contributed by atoms with Crippen molar-refractivity contribution in [3.8, 4) is 0 Å². The second-order valence-corrected chi connectivity index (χ2v) is 17.7. The molecule has 0 heteroatoms. The third-order valence-electron chi connectivity index (χ3n) is 11.4. The average Bonchev–Trinajstić information content (AvgIpc) is 3.48. The quantitative estimate of drug-likeness (QED) is 0.285. The van der Waals surface area contributed by atoms with Gasteiger partial charge in [-0.1, -0.05) is 100.0 Å². The van der Waals surface area contributed by atoms with E-state index >= 15 is 0 Å². The first-order valence-electron chi connectivity index (χ1n) is 16.3. The number of rotatable bonds is 1. The smallest absolute Gasteiger partial charge is 0.00239 e. The number of allylic oxidation sites excluding steroid dienone is 4. The minimum Gasteiger partial charge on any atom is -0.0763 e. The number of hydrogen-bond donors (Lipinski definition) is 0. The molecule has 6 rings (SSSR count). The van der Waals surface area contributed by atoms with E-state index in [2.05, 4.69) is 120 Å². The molecule has 2 aromatic rings. The molecule has 0 fully saturated rings. The molecule has 0 radical (unpaired) electrons. The average molecular weight is 547 g/mol. The monoisotopic (exact) mass is 546 g/mol. The van der Waals surface area contributed by atoms with Crippen LogP contribution in [0.25, 0.3) is 17.2 Å². The van der Waals surface area contributed by atoms with Crippen molar-refractivity contribution in [2.45, 2.75) is 144 Å². The summed E-state index contributed by atoms with van der Waals surface area (Å²) in [5, 5.41) is 5.98. The largest absolute Gasteiger partial charge is 0.0763 e. The molecule has 0 unspecified atom stereocenters. The molecule has 2 aromatic carbocycles. The minimum absolute atomic E-state index is 0.135. The topological polar surface area (TPSA) is 0 Å². The summed E-state index contributed by atoms with van der Waals surface area (Å²) in [5.41, 5.74) is 14.8. The van der Waals surface area contributed by atoms with Gasteiger partial charge in [0.25, 0.3) is 0 Å². The Morgan fingerprint density at radius 3 is 1.76 bits per heavy atom. The summed E-state index contributed by atoms with van der Waals surface area (Å²) < 4.78 is 0. The first-order valence-corrected chi connectivity index (χ1v) is 16.3. The Hall–Kier alpha value is -2.34. The van der Waals surface area contributed by atoms with Gasteiger partial charge in [-0.3, -0.25) is 0 Å². The predicted octanol–water partition coefficient (Wildman–Crippen LogP) is 9.76. The second-order valence-electron chi connectivity index (χ2n) is 17.7. The van der Waals surface area contributed by atoms with Gasteiger partial charge in [-0.2, -0.15) is 0 Å². The third-order valence-corrected chi connectivity index (χ3v) is 11.4. The van der Waals surface area contributed by atoms with E-state index in [1.54, 1.807) is 33.0 Å². The predicted molar refractivity (Wildman–Crippen MR) is 179 cm³/mol. The summed E-state index contributed by atoms with van der Waals surface area (Å²) in [7, 11) is 0. The fourth-order valence-electron chi connectivity index (χ4n) is 8.60. The zero-order valence-corrected chi connectivity index (χ0v) is 28.4. The van der Waals surface area contributed by atoms with E-state index in [4.69, 9.17) is 0 Å². The van der Waals surface area contributed by atoms with E-state index in [0.29, 0.717) is 0 Å². The van der Waals surface area contributed by atoms with Gasteiger partial charge in [0.1, 0.15) is 0 Å². The molecule has 0 amide bonds. The zero-order chi connectivity index (χ0) is 30.1. The van der Waals surface area contributed by atoms with Crippen LogP contribution < -0.4 is 10.4 Å². The Morgan fingerprint density at radius 2 is 1.22 bits per heavy atom. The molecule has 0 nitrogen and oxygen atoms in total. The van der Waals surface area contributed by atoms with Gasteiger partial charge in [0.05, 0.1) is 0 Å². The lowest BCUT2D eigenvalue weighted by molar-refractivity contribution is 0.329. The molecule has 0 saturated heterocycles. The summed E-state index contributed by atoms with van der Waals surface area (Å²) in [6.45, 7) is 31.8. The van der Waals surface area contributed by atoms with E-state index in [9.17, 15) is 0 Å². The molecule has 0 N–H and O–H groups in total. The molecule has 41 heavy (non-hydrogen) atoms. The molecule has 0 aromatic heterocycles. The molecule has 218 valence electrons. The number of benzene rings is 2. The maximum atomic E-state index is 2.64. The van der Waals surface area contributed by atoms with Crippen LogP contribution in [0.3, 0.4) is 0 Å². The van der Waals surface area contributed by atoms with Gasteiger partial charge >= 0.3 is 0 Å².